The van der Waals surface area contributed by atoms with Gasteiger partial charge < -0.3 is 10.2 Å². The first-order valence-corrected chi connectivity index (χ1v) is 8.03. The predicted molar refractivity (Wildman–Crippen MR) is 77.9 cm³/mol. The second-order valence-electron chi connectivity index (χ2n) is 6.67. The van der Waals surface area contributed by atoms with Crippen LogP contribution in [-0.2, 0) is 4.79 Å². The average molecular weight is 270 g/mol. The third-order valence-electron chi connectivity index (χ3n) is 3.43. The van der Waals surface area contributed by atoms with E-state index in [9.17, 15) is 4.79 Å². The highest BCUT2D eigenvalue weighted by atomic mass is 32.2. The Balaban J connectivity index is 1.71. The van der Waals surface area contributed by atoms with Crippen molar-refractivity contribution in [3.05, 3.63) is 0 Å². The number of thioether (sulfide) groups is 1. The van der Waals surface area contributed by atoms with Crippen LogP contribution in [0.25, 0.3) is 0 Å². The number of hydrogen-bond donors (Lipinski definition) is 1. The zero-order valence-electron chi connectivity index (χ0n) is 12.0. The van der Waals surface area contributed by atoms with Crippen molar-refractivity contribution in [1.29, 1.82) is 0 Å². The molecule has 1 saturated carbocycles. The quantitative estimate of drug-likeness (QED) is 0.832. The first kappa shape index (κ1) is 14.2. The molecule has 1 N–H and O–H groups in total. The largest absolute Gasteiger partial charge is 0.338 e. The Morgan fingerprint density at radius 2 is 2.11 bits per heavy atom. The summed E-state index contributed by atoms with van der Waals surface area (Å²) >= 11 is 1.98. The summed E-state index contributed by atoms with van der Waals surface area (Å²) in [4.78, 5) is 13.9. The summed E-state index contributed by atoms with van der Waals surface area (Å²) in [7, 11) is 0. The molecule has 2 rings (SSSR count). The minimum Gasteiger partial charge on any atom is -0.338 e. The summed E-state index contributed by atoms with van der Waals surface area (Å²) in [6.07, 6.45) is 3.13. The van der Waals surface area contributed by atoms with E-state index in [4.69, 9.17) is 0 Å². The van der Waals surface area contributed by atoms with Gasteiger partial charge in [-0.15, -0.1) is 0 Å². The molecule has 104 valence electrons. The summed E-state index contributed by atoms with van der Waals surface area (Å²) in [5, 5.41) is 3.61. The van der Waals surface area contributed by atoms with E-state index in [1.165, 1.54) is 12.8 Å². The fourth-order valence-corrected chi connectivity index (χ4v) is 3.25. The Bertz CT molecular complexity index is 309. The summed E-state index contributed by atoms with van der Waals surface area (Å²) in [5.74, 6) is 1.46. The van der Waals surface area contributed by atoms with Crippen molar-refractivity contribution in [3.8, 4) is 0 Å². The fraction of sp³-hybridized carbons (Fsp3) is 0.929. The van der Waals surface area contributed by atoms with Gasteiger partial charge in [0.05, 0.1) is 0 Å². The smallest absolute Gasteiger partial charge is 0.224 e. The zero-order chi connectivity index (χ0) is 13.3. The van der Waals surface area contributed by atoms with Crippen LogP contribution < -0.4 is 5.32 Å². The van der Waals surface area contributed by atoms with Gasteiger partial charge in [-0.2, -0.15) is 11.8 Å². The van der Waals surface area contributed by atoms with Crippen LogP contribution >= 0.6 is 11.8 Å². The maximum Gasteiger partial charge on any atom is 0.224 e. The lowest BCUT2D eigenvalue weighted by Gasteiger charge is -2.24. The van der Waals surface area contributed by atoms with Gasteiger partial charge in [0, 0.05) is 41.6 Å². The molecule has 1 aliphatic heterocycles. The number of amides is 1. The van der Waals surface area contributed by atoms with Crippen LogP contribution in [0, 0.1) is 0 Å². The number of likely N-dealkylation sites (tertiary alicyclic amines) is 1. The lowest BCUT2D eigenvalue weighted by molar-refractivity contribution is -0.128. The van der Waals surface area contributed by atoms with E-state index in [2.05, 4.69) is 37.9 Å². The van der Waals surface area contributed by atoms with Crippen molar-refractivity contribution in [3.63, 3.8) is 0 Å². The zero-order valence-corrected chi connectivity index (χ0v) is 12.8. The number of carbonyl (C=O) groups excluding carboxylic acids is 1. The number of rotatable bonds is 5. The highest BCUT2D eigenvalue weighted by molar-refractivity contribution is 8.00. The molecule has 0 bridgehead atoms. The van der Waals surface area contributed by atoms with E-state index in [0.29, 0.717) is 35.2 Å². The summed E-state index contributed by atoms with van der Waals surface area (Å²) in [6.45, 7) is 9.89. The normalized spacial score (nSPS) is 26.8. The molecule has 1 aliphatic carbocycles. The minimum atomic E-state index is 0.321. The van der Waals surface area contributed by atoms with Gasteiger partial charge in [-0.05, 0) is 19.8 Å². The van der Waals surface area contributed by atoms with Gasteiger partial charge in [-0.1, -0.05) is 20.8 Å². The van der Waals surface area contributed by atoms with E-state index < -0.39 is 0 Å². The highest BCUT2D eigenvalue weighted by Crippen LogP contribution is 2.31. The molecular weight excluding hydrogens is 244 g/mol. The molecule has 0 aromatic rings. The third kappa shape index (κ3) is 4.16. The van der Waals surface area contributed by atoms with Crippen molar-refractivity contribution in [1.82, 2.24) is 10.2 Å². The molecule has 0 radical (unpaired) electrons. The lowest BCUT2D eigenvalue weighted by Crippen LogP contribution is -2.40. The first-order chi connectivity index (χ1) is 8.35. The second-order valence-corrected chi connectivity index (χ2v) is 8.52. The molecule has 2 atom stereocenters. The van der Waals surface area contributed by atoms with Crippen LogP contribution in [0.1, 0.15) is 47.0 Å². The van der Waals surface area contributed by atoms with Crippen LogP contribution in [0.15, 0.2) is 0 Å². The standard InChI is InChI=1S/C14H26N2OS/c1-10(9-18-14(2,3)4)15-11-7-13(17)16(8-11)12-5-6-12/h10-12,15H,5-9H2,1-4H3/t10-,11+/m0/s1. The van der Waals surface area contributed by atoms with Crippen molar-refractivity contribution in [2.45, 2.75) is 69.8 Å². The van der Waals surface area contributed by atoms with Crippen molar-refractivity contribution < 1.29 is 4.79 Å². The Kier molecular flexibility index (Phi) is 4.27. The van der Waals surface area contributed by atoms with Crippen LogP contribution in [-0.4, -0.2) is 46.0 Å². The molecule has 3 nitrogen and oxygen atoms in total. The minimum absolute atomic E-state index is 0.321. The SMILES string of the molecule is C[C@@H](CSC(C)(C)C)N[C@@H]1CC(=O)N(C2CC2)C1. The number of nitrogens with zero attached hydrogens (tertiary/aromatic N) is 1. The van der Waals surface area contributed by atoms with Crippen LogP contribution in [0.2, 0.25) is 0 Å². The third-order valence-corrected chi connectivity index (χ3v) is 4.97. The predicted octanol–water partition coefficient (Wildman–Crippen LogP) is 2.26. The van der Waals surface area contributed by atoms with E-state index in [1.807, 2.05) is 11.8 Å². The molecule has 0 unspecified atom stereocenters. The lowest BCUT2D eigenvalue weighted by atomic mass is 10.2. The maximum absolute atomic E-state index is 11.8. The average Bonchev–Trinajstić information content (AvgIpc) is 3.01. The molecule has 2 fully saturated rings. The number of nitrogens with one attached hydrogen (secondary N) is 1. The van der Waals surface area contributed by atoms with Gasteiger partial charge in [0.1, 0.15) is 0 Å². The van der Waals surface area contributed by atoms with E-state index in [-0.39, 0.29) is 0 Å². The van der Waals surface area contributed by atoms with Crippen LogP contribution in [0.5, 0.6) is 0 Å². The molecule has 1 saturated heterocycles. The summed E-state index contributed by atoms with van der Waals surface area (Å²) < 4.78 is 0.321. The van der Waals surface area contributed by atoms with E-state index in [1.54, 1.807) is 0 Å². The Labute approximate surface area is 115 Å². The van der Waals surface area contributed by atoms with E-state index >= 15 is 0 Å². The van der Waals surface area contributed by atoms with Crippen molar-refractivity contribution >= 4 is 17.7 Å². The van der Waals surface area contributed by atoms with Gasteiger partial charge >= 0.3 is 0 Å². The monoisotopic (exact) mass is 270 g/mol. The van der Waals surface area contributed by atoms with Gasteiger partial charge in [0.2, 0.25) is 5.91 Å². The molecule has 18 heavy (non-hydrogen) atoms. The molecule has 1 amide bonds. The van der Waals surface area contributed by atoms with Crippen LogP contribution in [0.4, 0.5) is 0 Å². The second kappa shape index (κ2) is 5.41. The highest BCUT2D eigenvalue weighted by Gasteiger charge is 2.39. The molecule has 0 aromatic heterocycles. The van der Waals surface area contributed by atoms with E-state index in [0.717, 1.165) is 12.3 Å². The summed E-state index contributed by atoms with van der Waals surface area (Å²) in [5.41, 5.74) is 0. The topological polar surface area (TPSA) is 32.3 Å². The molecule has 4 heteroatoms. The van der Waals surface area contributed by atoms with Gasteiger partial charge in [0.25, 0.3) is 0 Å². The van der Waals surface area contributed by atoms with Crippen LogP contribution in [0.3, 0.4) is 0 Å². The number of carbonyl (C=O) groups is 1. The Morgan fingerprint density at radius 1 is 1.44 bits per heavy atom. The Morgan fingerprint density at radius 3 is 2.67 bits per heavy atom. The number of hydrogen-bond acceptors (Lipinski definition) is 3. The van der Waals surface area contributed by atoms with Gasteiger partial charge in [-0.25, -0.2) is 0 Å². The fourth-order valence-electron chi connectivity index (χ4n) is 2.41. The summed E-state index contributed by atoms with van der Waals surface area (Å²) in [6, 6.07) is 1.42. The molecule has 0 spiro atoms. The molecule has 1 heterocycles. The first-order valence-electron chi connectivity index (χ1n) is 7.04. The van der Waals surface area contributed by atoms with Gasteiger partial charge in [0.15, 0.2) is 0 Å². The van der Waals surface area contributed by atoms with Crippen molar-refractivity contribution in [2.75, 3.05) is 12.3 Å². The van der Waals surface area contributed by atoms with Gasteiger partial charge in [-0.3, -0.25) is 4.79 Å². The molecular formula is C14H26N2OS. The maximum atomic E-state index is 11.8. The Hall–Kier alpha value is -0.220. The molecule has 2 aliphatic rings. The molecule has 0 aromatic carbocycles. The van der Waals surface area contributed by atoms with Crippen molar-refractivity contribution in [2.24, 2.45) is 0 Å².